The highest BCUT2D eigenvalue weighted by atomic mass is 16.2. The van der Waals surface area contributed by atoms with E-state index in [9.17, 15) is 4.79 Å². The summed E-state index contributed by atoms with van der Waals surface area (Å²) >= 11 is 0. The van der Waals surface area contributed by atoms with Gasteiger partial charge < -0.3 is 15.1 Å². The lowest BCUT2D eigenvalue weighted by Crippen LogP contribution is -2.50. The lowest BCUT2D eigenvalue weighted by Gasteiger charge is -2.35. The summed E-state index contributed by atoms with van der Waals surface area (Å²) in [7, 11) is 0. The largest absolute Gasteiger partial charge is 0.352 e. The van der Waals surface area contributed by atoms with Crippen LogP contribution in [0.5, 0.6) is 0 Å². The first kappa shape index (κ1) is 14.6. The maximum absolute atomic E-state index is 12.3. The van der Waals surface area contributed by atoms with Gasteiger partial charge >= 0.3 is 6.03 Å². The van der Waals surface area contributed by atoms with Crippen LogP contribution in [0, 0.1) is 0 Å². The lowest BCUT2D eigenvalue weighted by atomic mass is 10.2. The van der Waals surface area contributed by atoms with Gasteiger partial charge in [-0.3, -0.25) is 4.98 Å². The number of urea groups is 1. The van der Waals surface area contributed by atoms with Gasteiger partial charge in [0.25, 0.3) is 0 Å². The Balaban J connectivity index is 1.40. The van der Waals surface area contributed by atoms with Gasteiger partial charge in [-0.15, -0.1) is 0 Å². The first-order valence-electron chi connectivity index (χ1n) is 8.02. The normalized spacial score (nSPS) is 16.2. The number of rotatable bonds is 2. The maximum atomic E-state index is 12.3. The summed E-state index contributed by atoms with van der Waals surface area (Å²) in [5, 5.41) is 2.88. The summed E-state index contributed by atoms with van der Waals surface area (Å²) in [5.41, 5.74) is 2.91. The fourth-order valence-corrected chi connectivity index (χ4v) is 3.06. The number of piperazine rings is 1. The number of carbonyl (C=O) groups excluding carboxylic acids is 1. The Morgan fingerprint density at radius 2 is 2.04 bits per heavy atom. The number of allylic oxidation sites excluding steroid dienone is 1. The first-order valence-corrected chi connectivity index (χ1v) is 8.02. The topological polar surface area (TPSA) is 74.2 Å². The maximum Gasteiger partial charge on any atom is 0.322 e. The van der Waals surface area contributed by atoms with Gasteiger partial charge in [0, 0.05) is 44.4 Å². The zero-order chi connectivity index (χ0) is 16.4. The monoisotopic (exact) mass is 322 g/mol. The Bertz CT molecular complexity index is 768. The summed E-state index contributed by atoms with van der Waals surface area (Å²) < 4.78 is 0. The predicted molar refractivity (Wildman–Crippen MR) is 91.8 cm³/mol. The molecule has 7 heteroatoms. The number of nitrogens with one attached hydrogen (secondary N) is 1. The van der Waals surface area contributed by atoms with Crippen molar-refractivity contribution < 1.29 is 4.79 Å². The van der Waals surface area contributed by atoms with Crippen molar-refractivity contribution in [1.29, 1.82) is 0 Å². The van der Waals surface area contributed by atoms with E-state index in [0.29, 0.717) is 18.8 Å². The van der Waals surface area contributed by atoms with E-state index in [1.807, 2.05) is 11.0 Å². The molecule has 24 heavy (non-hydrogen) atoms. The second kappa shape index (κ2) is 6.27. The zero-order valence-electron chi connectivity index (χ0n) is 13.2. The van der Waals surface area contributed by atoms with E-state index in [4.69, 9.17) is 0 Å². The SMILES string of the molecule is O=C(Nc1cccnc1)N1CCN(c2ncnc3c2C=CC3)CC1. The minimum Gasteiger partial charge on any atom is -0.352 e. The van der Waals surface area contributed by atoms with E-state index in [-0.39, 0.29) is 6.03 Å². The van der Waals surface area contributed by atoms with Gasteiger partial charge in [-0.05, 0) is 12.1 Å². The molecule has 1 N–H and O–H groups in total. The average molecular weight is 322 g/mol. The van der Waals surface area contributed by atoms with Crippen molar-refractivity contribution in [2.75, 3.05) is 36.4 Å². The highest BCUT2D eigenvalue weighted by molar-refractivity contribution is 5.89. The summed E-state index contributed by atoms with van der Waals surface area (Å²) in [6.45, 7) is 2.85. The molecule has 1 saturated heterocycles. The molecule has 0 spiro atoms. The molecule has 2 aromatic rings. The van der Waals surface area contributed by atoms with Gasteiger partial charge in [0.1, 0.15) is 12.1 Å². The summed E-state index contributed by atoms with van der Waals surface area (Å²) in [6, 6.07) is 3.55. The molecule has 4 rings (SSSR count). The highest BCUT2D eigenvalue weighted by Gasteiger charge is 2.24. The molecule has 2 aliphatic rings. The Kier molecular flexibility index (Phi) is 3.82. The number of nitrogens with zero attached hydrogens (tertiary/aromatic N) is 5. The van der Waals surface area contributed by atoms with Gasteiger partial charge in [-0.25, -0.2) is 14.8 Å². The van der Waals surface area contributed by atoms with Crippen molar-refractivity contribution in [2.24, 2.45) is 0 Å². The molecule has 0 saturated carbocycles. The Hall–Kier alpha value is -2.96. The standard InChI is InChI=1S/C17H18N6O/c24-17(21-13-3-2-6-18-11-13)23-9-7-22(8-10-23)16-14-4-1-5-15(14)19-12-20-16/h1-4,6,11-12H,5,7-10H2,(H,21,24). The summed E-state index contributed by atoms with van der Waals surface area (Å²) in [5.74, 6) is 0.973. The average Bonchev–Trinajstić information content (AvgIpc) is 3.11. The van der Waals surface area contributed by atoms with Crippen LogP contribution in [0.2, 0.25) is 0 Å². The molecule has 0 unspecified atom stereocenters. The van der Waals surface area contributed by atoms with Crippen LogP contribution in [0.15, 0.2) is 36.9 Å². The quantitative estimate of drug-likeness (QED) is 0.912. The van der Waals surface area contributed by atoms with Crippen LogP contribution in [-0.2, 0) is 6.42 Å². The molecule has 1 aliphatic heterocycles. The van der Waals surface area contributed by atoms with E-state index in [0.717, 1.165) is 36.6 Å². The number of hydrogen-bond acceptors (Lipinski definition) is 5. The van der Waals surface area contributed by atoms with Crippen LogP contribution >= 0.6 is 0 Å². The van der Waals surface area contributed by atoms with Gasteiger partial charge in [0.05, 0.1) is 17.6 Å². The highest BCUT2D eigenvalue weighted by Crippen LogP contribution is 2.27. The number of fused-ring (bicyclic) bond motifs is 1. The van der Waals surface area contributed by atoms with Gasteiger partial charge in [0.15, 0.2) is 0 Å². The molecule has 122 valence electrons. The van der Waals surface area contributed by atoms with Crippen molar-refractivity contribution in [2.45, 2.75) is 6.42 Å². The van der Waals surface area contributed by atoms with Crippen LogP contribution in [0.25, 0.3) is 6.08 Å². The molecule has 1 fully saturated rings. The summed E-state index contributed by atoms with van der Waals surface area (Å²) in [4.78, 5) is 29.2. The smallest absolute Gasteiger partial charge is 0.322 e. The molecule has 1 aliphatic carbocycles. The van der Waals surface area contributed by atoms with Crippen LogP contribution < -0.4 is 10.2 Å². The molecule has 2 aromatic heterocycles. The molecule has 0 bridgehead atoms. The molecule has 0 radical (unpaired) electrons. The number of amides is 2. The molecular weight excluding hydrogens is 304 g/mol. The Labute approximate surface area is 140 Å². The number of aromatic nitrogens is 3. The third-order valence-electron chi connectivity index (χ3n) is 4.32. The molecule has 0 atom stereocenters. The van der Waals surface area contributed by atoms with Crippen LogP contribution in [0.1, 0.15) is 11.3 Å². The van der Waals surface area contributed by atoms with Crippen LogP contribution in [0.4, 0.5) is 16.3 Å². The number of hydrogen-bond donors (Lipinski definition) is 1. The Morgan fingerprint density at radius 1 is 1.17 bits per heavy atom. The Morgan fingerprint density at radius 3 is 2.83 bits per heavy atom. The van der Waals surface area contributed by atoms with E-state index < -0.39 is 0 Å². The van der Waals surface area contributed by atoms with E-state index in [1.165, 1.54) is 0 Å². The molecule has 2 amide bonds. The third kappa shape index (κ3) is 2.80. The zero-order valence-corrected chi connectivity index (χ0v) is 13.2. The van der Waals surface area contributed by atoms with Gasteiger partial charge in [0.2, 0.25) is 0 Å². The number of carbonyl (C=O) groups is 1. The first-order chi connectivity index (χ1) is 11.8. The van der Waals surface area contributed by atoms with Gasteiger partial charge in [-0.1, -0.05) is 12.2 Å². The third-order valence-corrected chi connectivity index (χ3v) is 4.32. The minimum absolute atomic E-state index is 0.0875. The van der Waals surface area contributed by atoms with Crippen molar-refractivity contribution >= 4 is 23.6 Å². The molecular formula is C17H18N6O. The fraction of sp³-hybridized carbons (Fsp3) is 0.294. The van der Waals surface area contributed by atoms with E-state index >= 15 is 0 Å². The predicted octanol–water partition coefficient (Wildman–Crippen LogP) is 1.79. The van der Waals surface area contributed by atoms with Gasteiger partial charge in [-0.2, -0.15) is 0 Å². The molecule has 7 nitrogen and oxygen atoms in total. The van der Waals surface area contributed by atoms with Crippen molar-refractivity contribution in [3.63, 3.8) is 0 Å². The van der Waals surface area contributed by atoms with Crippen LogP contribution in [-0.4, -0.2) is 52.1 Å². The van der Waals surface area contributed by atoms with E-state index in [1.54, 1.807) is 24.8 Å². The fourth-order valence-electron chi connectivity index (χ4n) is 3.06. The lowest BCUT2D eigenvalue weighted by molar-refractivity contribution is 0.208. The minimum atomic E-state index is -0.0875. The second-order valence-corrected chi connectivity index (χ2v) is 5.81. The molecule has 0 aromatic carbocycles. The van der Waals surface area contributed by atoms with Crippen molar-refractivity contribution in [1.82, 2.24) is 19.9 Å². The number of pyridine rings is 1. The second-order valence-electron chi connectivity index (χ2n) is 5.81. The summed E-state index contributed by atoms with van der Waals surface area (Å²) in [6.07, 6.45) is 10.0. The van der Waals surface area contributed by atoms with Crippen molar-refractivity contribution in [3.8, 4) is 0 Å². The van der Waals surface area contributed by atoms with Crippen LogP contribution in [0.3, 0.4) is 0 Å². The number of anilines is 2. The van der Waals surface area contributed by atoms with E-state index in [2.05, 4.69) is 37.3 Å². The van der Waals surface area contributed by atoms with Crippen molar-refractivity contribution in [3.05, 3.63) is 48.2 Å². The molecule has 3 heterocycles.